The third kappa shape index (κ3) is 3.08. The van der Waals surface area contributed by atoms with Crippen LogP contribution in [0.1, 0.15) is 19.4 Å². The van der Waals surface area contributed by atoms with E-state index in [1.807, 2.05) is 25.8 Å². The number of anilines is 2. The van der Waals surface area contributed by atoms with E-state index in [9.17, 15) is 9.32 Å². The van der Waals surface area contributed by atoms with Crippen LogP contribution in [-0.2, 0) is 11.4 Å². The van der Waals surface area contributed by atoms with Crippen molar-refractivity contribution in [2.75, 3.05) is 23.8 Å². The molecule has 0 saturated heterocycles. The van der Waals surface area contributed by atoms with Crippen LogP contribution in [0.2, 0.25) is 0 Å². The summed E-state index contributed by atoms with van der Waals surface area (Å²) in [5.41, 5.74) is 3.12. The second-order valence-electron chi connectivity index (χ2n) is 6.70. The summed E-state index contributed by atoms with van der Waals surface area (Å²) in [5, 5.41) is 9.92. The smallest absolute Gasteiger partial charge is 0.371 e. The molecule has 0 radical (unpaired) electrons. The largest absolute Gasteiger partial charge is 0.450 e. The van der Waals surface area contributed by atoms with E-state index >= 15 is 4.39 Å². The van der Waals surface area contributed by atoms with Crippen LogP contribution in [0.4, 0.5) is 25.2 Å². The number of aromatic nitrogens is 5. The summed E-state index contributed by atoms with van der Waals surface area (Å²) in [4.78, 5) is 24.5. The summed E-state index contributed by atoms with van der Waals surface area (Å²) < 4.78 is 29.1. The van der Waals surface area contributed by atoms with Crippen molar-refractivity contribution < 1.29 is 18.7 Å². The highest BCUT2D eigenvalue weighted by atomic mass is 19.3. The molecule has 0 atom stereocenters. The Morgan fingerprint density at radius 1 is 1.33 bits per heavy atom. The number of aromatic amines is 1. The minimum absolute atomic E-state index is 0.0897. The number of hydrogen-bond acceptors (Lipinski definition) is 6. The van der Waals surface area contributed by atoms with Gasteiger partial charge in [0.2, 0.25) is 0 Å². The summed E-state index contributed by atoms with van der Waals surface area (Å²) in [5.74, 6) is -0.235. The Kier molecular flexibility index (Phi) is 4.94. The van der Waals surface area contributed by atoms with Gasteiger partial charge in [-0.2, -0.15) is 5.10 Å². The van der Waals surface area contributed by atoms with Gasteiger partial charge in [-0.3, -0.25) is 15.4 Å². The lowest BCUT2D eigenvalue weighted by Gasteiger charge is -2.22. The van der Waals surface area contributed by atoms with Gasteiger partial charge in [0.05, 0.1) is 35.5 Å². The molecule has 11 heteroatoms. The Hall–Kier alpha value is -3.76. The Labute approximate surface area is 169 Å². The first kappa shape index (κ1) is 19.6. The van der Waals surface area contributed by atoms with E-state index in [1.54, 1.807) is 16.8 Å². The number of hydrogen-bond donors (Lipinski definition) is 2. The SMILES string of the molecule is CCc1c(F)c(N(C)CC)c2[nH]ncc2c1-c1cn2cc(NC(=O)OF)nc2cn1. The van der Waals surface area contributed by atoms with Gasteiger partial charge in [-0.05, 0) is 18.9 Å². The first-order valence-electron chi connectivity index (χ1n) is 9.31. The van der Waals surface area contributed by atoms with Crippen LogP contribution in [0.5, 0.6) is 0 Å². The van der Waals surface area contributed by atoms with Crippen molar-refractivity contribution >= 4 is 34.1 Å². The summed E-state index contributed by atoms with van der Waals surface area (Å²) in [6.07, 6.45) is 5.45. The third-order valence-electron chi connectivity index (χ3n) is 5.03. The fourth-order valence-electron chi connectivity index (χ4n) is 3.53. The number of carbonyl (C=O) groups is 1. The lowest BCUT2D eigenvalue weighted by Crippen LogP contribution is -2.19. The maximum absolute atomic E-state index is 15.5. The van der Waals surface area contributed by atoms with Crippen LogP contribution >= 0.6 is 0 Å². The number of imidazole rings is 1. The molecule has 156 valence electrons. The zero-order chi connectivity index (χ0) is 21.4. The lowest BCUT2D eigenvalue weighted by molar-refractivity contribution is -0.0544. The van der Waals surface area contributed by atoms with Gasteiger partial charge in [-0.1, -0.05) is 6.92 Å². The molecular formula is C19H19F2N7O2. The third-order valence-corrected chi connectivity index (χ3v) is 5.03. The summed E-state index contributed by atoms with van der Waals surface area (Å²) >= 11 is 0. The number of H-pyrrole nitrogens is 1. The van der Waals surface area contributed by atoms with Crippen molar-refractivity contribution in [3.05, 3.63) is 36.2 Å². The molecule has 0 aliphatic rings. The van der Waals surface area contributed by atoms with Gasteiger partial charge in [0.15, 0.2) is 17.3 Å². The van der Waals surface area contributed by atoms with Crippen molar-refractivity contribution in [1.29, 1.82) is 0 Å². The Morgan fingerprint density at radius 3 is 2.83 bits per heavy atom. The summed E-state index contributed by atoms with van der Waals surface area (Å²) in [6.45, 7) is 4.45. The Morgan fingerprint density at radius 2 is 2.13 bits per heavy atom. The van der Waals surface area contributed by atoms with Crippen molar-refractivity contribution in [3.8, 4) is 11.3 Å². The van der Waals surface area contributed by atoms with Crippen molar-refractivity contribution in [3.63, 3.8) is 0 Å². The number of halogens is 2. The van der Waals surface area contributed by atoms with Gasteiger partial charge in [-0.15, -0.1) is 0 Å². The zero-order valence-corrected chi connectivity index (χ0v) is 16.5. The maximum Gasteiger partial charge on any atom is 0.450 e. The molecule has 0 saturated carbocycles. The molecule has 4 rings (SSSR count). The van der Waals surface area contributed by atoms with Crippen molar-refractivity contribution in [2.45, 2.75) is 20.3 Å². The fourth-order valence-corrected chi connectivity index (χ4v) is 3.53. The number of fused-ring (bicyclic) bond motifs is 2. The Balaban J connectivity index is 1.91. The van der Waals surface area contributed by atoms with Crippen LogP contribution in [-0.4, -0.2) is 44.3 Å². The summed E-state index contributed by atoms with van der Waals surface area (Å²) in [6, 6.07) is 0. The highest BCUT2D eigenvalue weighted by Gasteiger charge is 2.24. The predicted octanol–water partition coefficient (Wildman–Crippen LogP) is 3.86. The average Bonchev–Trinajstić information content (AvgIpc) is 3.37. The standard InChI is InChI=1S/C19H19F2N7O2/c1-4-10-15(11-6-23-26-17(11)18(16(10)20)27(3)5-2)12-8-28-9-13(25-19(29)30-21)24-14(28)7-22-12/h6-9H,4-5H2,1-3H3,(H,23,26)(H,25,29). The van der Waals surface area contributed by atoms with Crippen molar-refractivity contribution in [1.82, 2.24) is 24.6 Å². The van der Waals surface area contributed by atoms with Crippen LogP contribution in [0, 0.1) is 5.82 Å². The quantitative estimate of drug-likeness (QED) is 0.513. The lowest BCUT2D eigenvalue weighted by atomic mass is 9.96. The zero-order valence-electron chi connectivity index (χ0n) is 16.5. The van der Waals surface area contributed by atoms with Gasteiger partial charge in [0.25, 0.3) is 0 Å². The number of nitrogens with one attached hydrogen (secondary N) is 2. The first-order valence-corrected chi connectivity index (χ1v) is 9.31. The van der Waals surface area contributed by atoms with Gasteiger partial charge in [0, 0.05) is 35.3 Å². The van der Waals surface area contributed by atoms with Gasteiger partial charge >= 0.3 is 6.09 Å². The normalized spacial score (nSPS) is 11.2. The monoisotopic (exact) mass is 415 g/mol. The van der Waals surface area contributed by atoms with E-state index in [0.29, 0.717) is 46.6 Å². The van der Waals surface area contributed by atoms with E-state index in [1.165, 1.54) is 12.4 Å². The molecule has 1 aromatic carbocycles. The van der Waals surface area contributed by atoms with Gasteiger partial charge in [0.1, 0.15) is 0 Å². The average molecular weight is 415 g/mol. The number of nitrogens with zero attached hydrogens (tertiary/aromatic N) is 5. The van der Waals surface area contributed by atoms with E-state index in [2.05, 4.69) is 30.4 Å². The number of amides is 1. The molecule has 30 heavy (non-hydrogen) atoms. The molecule has 0 spiro atoms. The minimum atomic E-state index is -1.28. The maximum atomic E-state index is 15.5. The molecule has 2 N–H and O–H groups in total. The topological polar surface area (TPSA) is 100 Å². The molecule has 0 aliphatic heterocycles. The van der Waals surface area contributed by atoms with Gasteiger partial charge < -0.3 is 9.30 Å². The summed E-state index contributed by atoms with van der Waals surface area (Å²) in [7, 11) is 1.82. The molecule has 9 nitrogen and oxygen atoms in total. The molecular weight excluding hydrogens is 396 g/mol. The highest BCUT2D eigenvalue weighted by Crippen LogP contribution is 2.39. The second-order valence-corrected chi connectivity index (χ2v) is 6.70. The first-order chi connectivity index (χ1) is 14.5. The van der Waals surface area contributed by atoms with Crippen LogP contribution < -0.4 is 10.2 Å². The molecule has 0 bridgehead atoms. The molecule has 3 heterocycles. The van der Waals surface area contributed by atoms with Crippen LogP contribution in [0.25, 0.3) is 27.8 Å². The van der Waals surface area contributed by atoms with E-state index in [-0.39, 0.29) is 11.6 Å². The Bertz CT molecular complexity index is 1250. The molecule has 0 aliphatic carbocycles. The van der Waals surface area contributed by atoms with Crippen molar-refractivity contribution in [2.24, 2.45) is 0 Å². The van der Waals surface area contributed by atoms with Gasteiger partial charge in [-0.25, -0.2) is 19.1 Å². The molecule has 0 unspecified atom stereocenters. The molecule has 3 aromatic heterocycles. The highest BCUT2D eigenvalue weighted by molar-refractivity contribution is 6.02. The number of rotatable bonds is 5. The van der Waals surface area contributed by atoms with E-state index in [4.69, 9.17) is 0 Å². The molecule has 1 amide bonds. The minimum Gasteiger partial charge on any atom is -0.371 e. The van der Waals surface area contributed by atoms with E-state index in [0.717, 1.165) is 5.39 Å². The van der Waals surface area contributed by atoms with Crippen LogP contribution in [0.15, 0.2) is 24.8 Å². The molecule has 0 fully saturated rings. The van der Waals surface area contributed by atoms with Crippen LogP contribution in [0.3, 0.4) is 0 Å². The predicted molar refractivity (Wildman–Crippen MR) is 108 cm³/mol. The number of benzene rings is 1. The fraction of sp³-hybridized carbons (Fsp3) is 0.263. The second kappa shape index (κ2) is 7.58. The van der Waals surface area contributed by atoms with E-state index < -0.39 is 6.09 Å². The number of carbonyl (C=O) groups excluding carboxylic acids is 1. The molecule has 4 aromatic rings.